The number of nitrogens with zero attached hydrogens (tertiary/aromatic N) is 2. The van der Waals surface area contributed by atoms with E-state index in [2.05, 4.69) is 13.8 Å². The molecule has 1 unspecified atom stereocenters. The van der Waals surface area contributed by atoms with Gasteiger partial charge in [0.25, 0.3) is 5.91 Å². The maximum Gasteiger partial charge on any atom is 0.270 e. The van der Waals surface area contributed by atoms with Crippen molar-refractivity contribution < 1.29 is 9.18 Å². The van der Waals surface area contributed by atoms with Crippen LogP contribution in [0.15, 0.2) is 54.6 Å². The Morgan fingerprint density at radius 1 is 1.15 bits per heavy atom. The number of para-hydroxylation sites is 1. The fourth-order valence-corrected chi connectivity index (χ4v) is 4.24. The van der Waals surface area contributed by atoms with Gasteiger partial charge < -0.3 is 9.47 Å². The Bertz CT molecular complexity index is 975. The molecule has 0 aliphatic carbocycles. The number of fused-ring (bicyclic) bond motifs is 1. The molecule has 1 aromatic heterocycles. The van der Waals surface area contributed by atoms with Crippen molar-refractivity contribution in [1.82, 2.24) is 9.47 Å². The molecule has 1 saturated heterocycles. The number of rotatable bonds is 4. The third kappa shape index (κ3) is 3.25. The topological polar surface area (TPSA) is 25.2 Å². The first-order valence-electron chi connectivity index (χ1n) is 9.69. The van der Waals surface area contributed by atoms with E-state index in [0.717, 1.165) is 30.3 Å². The van der Waals surface area contributed by atoms with Crippen LogP contribution in [0, 0.1) is 11.7 Å². The van der Waals surface area contributed by atoms with Crippen LogP contribution < -0.4 is 0 Å². The molecule has 2 heterocycles. The number of likely N-dealkylation sites (tertiary alicyclic amines) is 1. The SMILES string of the molecule is CC(C)C1CCCN1C(=O)c1cc2ccccc2n1Cc1ccccc1F. The van der Waals surface area contributed by atoms with Crippen LogP contribution in [-0.2, 0) is 6.54 Å². The predicted octanol–water partition coefficient (Wildman–Crippen LogP) is 5.09. The number of carbonyl (C=O) groups is 1. The van der Waals surface area contributed by atoms with Crippen molar-refractivity contribution in [3.8, 4) is 0 Å². The van der Waals surface area contributed by atoms with Gasteiger partial charge in [0.2, 0.25) is 0 Å². The van der Waals surface area contributed by atoms with Crippen molar-refractivity contribution in [2.24, 2.45) is 5.92 Å². The van der Waals surface area contributed by atoms with Crippen LogP contribution in [0.25, 0.3) is 10.9 Å². The van der Waals surface area contributed by atoms with Gasteiger partial charge in [-0.3, -0.25) is 4.79 Å². The standard InChI is InChI=1S/C23H25FN2O/c1-16(2)20-12-7-13-25(20)23(27)22-14-17-8-4-6-11-21(17)26(22)15-18-9-3-5-10-19(18)24/h3-6,8-11,14,16,20H,7,12-13,15H2,1-2H3. The molecule has 4 rings (SSSR count). The highest BCUT2D eigenvalue weighted by Gasteiger charge is 2.33. The Morgan fingerprint density at radius 3 is 2.67 bits per heavy atom. The highest BCUT2D eigenvalue weighted by molar-refractivity contribution is 5.99. The molecule has 1 aliphatic heterocycles. The van der Waals surface area contributed by atoms with E-state index >= 15 is 0 Å². The summed E-state index contributed by atoms with van der Waals surface area (Å²) in [5.41, 5.74) is 2.20. The number of halogens is 1. The van der Waals surface area contributed by atoms with Crippen LogP contribution in [-0.4, -0.2) is 28.0 Å². The van der Waals surface area contributed by atoms with Crippen LogP contribution in [0.1, 0.15) is 42.7 Å². The first-order valence-corrected chi connectivity index (χ1v) is 9.69. The summed E-state index contributed by atoms with van der Waals surface area (Å²) >= 11 is 0. The average Bonchev–Trinajstić information content (AvgIpc) is 3.29. The van der Waals surface area contributed by atoms with Gasteiger partial charge in [0.15, 0.2) is 0 Å². The maximum atomic E-state index is 14.3. The first-order chi connectivity index (χ1) is 13.1. The summed E-state index contributed by atoms with van der Waals surface area (Å²) in [5.74, 6) is 0.245. The zero-order chi connectivity index (χ0) is 19.0. The Morgan fingerprint density at radius 2 is 1.89 bits per heavy atom. The third-order valence-electron chi connectivity index (χ3n) is 5.65. The smallest absolute Gasteiger partial charge is 0.270 e. The molecule has 1 aliphatic rings. The molecule has 3 nitrogen and oxygen atoms in total. The summed E-state index contributed by atoms with van der Waals surface area (Å²) in [5, 5.41) is 1.01. The second-order valence-corrected chi connectivity index (χ2v) is 7.72. The lowest BCUT2D eigenvalue weighted by Crippen LogP contribution is -2.39. The minimum atomic E-state index is -0.241. The van der Waals surface area contributed by atoms with Crippen LogP contribution in [0.4, 0.5) is 4.39 Å². The van der Waals surface area contributed by atoms with Crippen molar-refractivity contribution in [3.63, 3.8) is 0 Å². The number of hydrogen-bond acceptors (Lipinski definition) is 1. The van der Waals surface area contributed by atoms with Gasteiger partial charge in [-0.2, -0.15) is 0 Å². The molecule has 3 aromatic rings. The number of carbonyl (C=O) groups excluding carboxylic acids is 1. The quantitative estimate of drug-likeness (QED) is 0.633. The highest BCUT2D eigenvalue weighted by atomic mass is 19.1. The molecule has 1 amide bonds. The van der Waals surface area contributed by atoms with Crippen molar-refractivity contribution in [1.29, 1.82) is 0 Å². The van der Waals surface area contributed by atoms with Gasteiger partial charge in [0.1, 0.15) is 11.5 Å². The summed E-state index contributed by atoms with van der Waals surface area (Å²) in [4.78, 5) is 15.4. The molecular formula is C23H25FN2O. The molecule has 27 heavy (non-hydrogen) atoms. The normalized spacial score (nSPS) is 17.2. The van der Waals surface area contributed by atoms with E-state index in [1.165, 1.54) is 6.07 Å². The van der Waals surface area contributed by atoms with Gasteiger partial charge in [0.05, 0.1) is 6.54 Å². The molecule has 0 spiro atoms. The second-order valence-electron chi connectivity index (χ2n) is 7.72. The fourth-order valence-electron chi connectivity index (χ4n) is 4.24. The lowest BCUT2D eigenvalue weighted by atomic mass is 10.0. The van der Waals surface area contributed by atoms with Crippen LogP contribution in [0.3, 0.4) is 0 Å². The summed E-state index contributed by atoms with van der Waals surface area (Å²) in [6.07, 6.45) is 2.10. The second kappa shape index (κ2) is 7.18. The van der Waals surface area contributed by atoms with E-state index in [1.54, 1.807) is 12.1 Å². The van der Waals surface area contributed by atoms with Gasteiger partial charge >= 0.3 is 0 Å². The van der Waals surface area contributed by atoms with E-state index in [1.807, 2.05) is 45.9 Å². The lowest BCUT2D eigenvalue weighted by molar-refractivity contribution is 0.0691. The summed E-state index contributed by atoms with van der Waals surface area (Å²) in [6, 6.07) is 16.9. The summed E-state index contributed by atoms with van der Waals surface area (Å²) < 4.78 is 16.2. The van der Waals surface area contributed by atoms with E-state index in [9.17, 15) is 9.18 Å². The molecule has 0 saturated carbocycles. The Hall–Kier alpha value is -2.62. The molecule has 140 valence electrons. The Balaban J connectivity index is 1.78. The van der Waals surface area contributed by atoms with Crippen molar-refractivity contribution in [2.75, 3.05) is 6.54 Å². The Kier molecular flexibility index (Phi) is 4.73. The largest absolute Gasteiger partial charge is 0.334 e. The monoisotopic (exact) mass is 364 g/mol. The molecule has 1 fully saturated rings. The zero-order valence-corrected chi connectivity index (χ0v) is 15.9. The van der Waals surface area contributed by atoms with E-state index in [0.29, 0.717) is 23.7 Å². The van der Waals surface area contributed by atoms with E-state index < -0.39 is 0 Å². The van der Waals surface area contributed by atoms with Gasteiger partial charge in [-0.1, -0.05) is 50.2 Å². The fraction of sp³-hybridized carbons (Fsp3) is 0.348. The summed E-state index contributed by atoms with van der Waals surface area (Å²) in [6.45, 7) is 5.49. The first kappa shape index (κ1) is 17.8. The molecule has 0 radical (unpaired) electrons. The van der Waals surface area contributed by atoms with Crippen LogP contribution in [0.5, 0.6) is 0 Å². The molecule has 0 N–H and O–H groups in total. The molecule has 2 aromatic carbocycles. The van der Waals surface area contributed by atoms with Gasteiger partial charge in [-0.25, -0.2) is 4.39 Å². The van der Waals surface area contributed by atoms with Crippen LogP contribution >= 0.6 is 0 Å². The zero-order valence-electron chi connectivity index (χ0n) is 15.9. The van der Waals surface area contributed by atoms with Crippen LogP contribution in [0.2, 0.25) is 0 Å². The lowest BCUT2D eigenvalue weighted by Gasteiger charge is -2.28. The Labute approximate surface area is 159 Å². The van der Waals surface area contributed by atoms with Gasteiger partial charge in [-0.05, 0) is 37.0 Å². The third-order valence-corrected chi connectivity index (χ3v) is 5.65. The molecular weight excluding hydrogens is 339 g/mol. The number of amides is 1. The number of benzene rings is 2. The van der Waals surface area contributed by atoms with Crippen molar-refractivity contribution in [3.05, 3.63) is 71.7 Å². The van der Waals surface area contributed by atoms with Gasteiger partial charge in [0, 0.05) is 29.1 Å². The minimum absolute atomic E-state index is 0.0544. The number of hydrogen-bond donors (Lipinski definition) is 0. The predicted molar refractivity (Wildman–Crippen MR) is 106 cm³/mol. The highest BCUT2D eigenvalue weighted by Crippen LogP contribution is 2.28. The van der Waals surface area contributed by atoms with Gasteiger partial charge in [-0.15, -0.1) is 0 Å². The molecule has 1 atom stereocenters. The summed E-state index contributed by atoms with van der Waals surface area (Å²) in [7, 11) is 0. The minimum Gasteiger partial charge on any atom is -0.334 e. The molecule has 0 bridgehead atoms. The molecule has 4 heteroatoms. The average molecular weight is 364 g/mol. The van der Waals surface area contributed by atoms with E-state index in [-0.39, 0.29) is 17.8 Å². The maximum absolute atomic E-state index is 14.3. The van der Waals surface area contributed by atoms with Crippen molar-refractivity contribution in [2.45, 2.75) is 39.3 Å². The number of aromatic nitrogens is 1. The van der Waals surface area contributed by atoms with Crippen molar-refractivity contribution >= 4 is 16.8 Å². The van der Waals surface area contributed by atoms with E-state index in [4.69, 9.17) is 0 Å².